The predicted octanol–water partition coefficient (Wildman–Crippen LogP) is 1.06. The molecule has 0 amide bonds. The third-order valence-corrected chi connectivity index (χ3v) is 1.50. The van der Waals surface area contributed by atoms with Crippen LogP contribution in [0.4, 0.5) is 0 Å². The number of carbonyl (C=O) groups is 1. The van der Waals surface area contributed by atoms with Gasteiger partial charge in [-0.1, -0.05) is 13.8 Å². The van der Waals surface area contributed by atoms with Crippen LogP contribution in [0.3, 0.4) is 0 Å². The second-order valence-corrected chi connectivity index (χ2v) is 2.82. The molecule has 1 aromatic heterocycles. The lowest BCUT2D eigenvalue weighted by Gasteiger charge is -2.02. The molecule has 1 aromatic rings. The average molecular weight is 151 g/mol. The van der Waals surface area contributed by atoms with Crippen LogP contribution in [0, 0.1) is 12.1 Å². The van der Waals surface area contributed by atoms with Crippen molar-refractivity contribution in [2.24, 2.45) is 13.0 Å². The van der Waals surface area contributed by atoms with Gasteiger partial charge in [0.25, 0.3) is 0 Å². The number of hydrogen-bond acceptors (Lipinski definition) is 2. The van der Waals surface area contributed by atoms with E-state index in [0.717, 1.165) is 0 Å². The summed E-state index contributed by atoms with van der Waals surface area (Å²) in [6.07, 6.45) is 4.27. The van der Waals surface area contributed by atoms with Crippen molar-refractivity contribution in [3.8, 4) is 0 Å². The van der Waals surface area contributed by atoms with E-state index in [4.69, 9.17) is 0 Å². The van der Waals surface area contributed by atoms with Crippen molar-refractivity contribution in [2.75, 3.05) is 0 Å². The first-order valence-corrected chi connectivity index (χ1v) is 3.56. The molecule has 59 valence electrons. The van der Waals surface area contributed by atoms with Crippen LogP contribution in [0.1, 0.15) is 24.5 Å². The first-order chi connectivity index (χ1) is 5.13. The van der Waals surface area contributed by atoms with Crippen molar-refractivity contribution < 1.29 is 4.79 Å². The molecule has 0 aromatic carbocycles. The highest BCUT2D eigenvalue weighted by molar-refractivity contribution is 5.94. The highest BCUT2D eigenvalue weighted by atomic mass is 16.1. The zero-order valence-electron chi connectivity index (χ0n) is 6.96. The van der Waals surface area contributed by atoms with Crippen LogP contribution in [-0.4, -0.2) is 15.3 Å². The van der Waals surface area contributed by atoms with Crippen molar-refractivity contribution in [1.29, 1.82) is 0 Å². The van der Waals surface area contributed by atoms with Gasteiger partial charge < -0.3 is 4.57 Å². The molecule has 0 N–H and O–H groups in total. The molecule has 0 saturated heterocycles. The van der Waals surface area contributed by atoms with Gasteiger partial charge in [-0.25, -0.2) is 4.98 Å². The van der Waals surface area contributed by atoms with E-state index in [1.54, 1.807) is 17.8 Å². The number of aromatic nitrogens is 2. The van der Waals surface area contributed by atoms with Crippen molar-refractivity contribution >= 4 is 5.78 Å². The van der Waals surface area contributed by atoms with E-state index in [9.17, 15) is 4.79 Å². The van der Waals surface area contributed by atoms with Gasteiger partial charge >= 0.3 is 0 Å². The summed E-state index contributed by atoms with van der Waals surface area (Å²) in [4.78, 5) is 15.1. The van der Waals surface area contributed by atoms with E-state index < -0.39 is 0 Å². The molecule has 1 rings (SSSR count). The van der Waals surface area contributed by atoms with E-state index >= 15 is 0 Å². The number of imidazole rings is 1. The van der Waals surface area contributed by atoms with Gasteiger partial charge in [-0.15, -0.1) is 0 Å². The molecule has 0 aliphatic carbocycles. The summed E-state index contributed by atoms with van der Waals surface area (Å²) in [6.45, 7) is 3.72. The first kappa shape index (κ1) is 7.98. The number of ketones is 1. The number of aryl methyl sites for hydroxylation is 1. The fourth-order valence-corrected chi connectivity index (χ4v) is 0.804. The summed E-state index contributed by atoms with van der Waals surface area (Å²) in [5.74, 6) is 0.554. The molecule has 0 bridgehead atoms. The van der Waals surface area contributed by atoms with E-state index in [2.05, 4.69) is 11.2 Å². The number of Topliss-reactive ketones (excluding diaryl/α,β-unsaturated/α-hetero) is 1. The summed E-state index contributed by atoms with van der Waals surface area (Å²) < 4.78 is 1.68. The van der Waals surface area contributed by atoms with E-state index in [0.29, 0.717) is 5.82 Å². The minimum absolute atomic E-state index is 0.00417. The van der Waals surface area contributed by atoms with Crippen molar-refractivity contribution in [3.63, 3.8) is 0 Å². The Labute approximate surface area is 66.1 Å². The zero-order chi connectivity index (χ0) is 8.43. The Morgan fingerprint density at radius 1 is 1.73 bits per heavy atom. The zero-order valence-corrected chi connectivity index (χ0v) is 6.96. The summed E-state index contributed by atoms with van der Waals surface area (Å²) in [5.41, 5.74) is 0. The molecule has 3 nitrogen and oxygen atoms in total. The molecular weight excluding hydrogens is 140 g/mol. The standard InChI is InChI=1S/C8H11N2O/c1-6(2)7(11)8-9-4-5-10(8)3/h5-6H,1-3H3. The lowest BCUT2D eigenvalue weighted by molar-refractivity contribution is 0.0926. The van der Waals surface area contributed by atoms with Gasteiger partial charge in [0.15, 0.2) is 5.82 Å². The first-order valence-electron chi connectivity index (χ1n) is 3.56. The second-order valence-electron chi connectivity index (χ2n) is 2.82. The van der Waals surface area contributed by atoms with Crippen LogP contribution >= 0.6 is 0 Å². The molecule has 11 heavy (non-hydrogen) atoms. The minimum atomic E-state index is 0.00417. The molecule has 0 aliphatic heterocycles. The van der Waals surface area contributed by atoms with Crippen LogP contribution in [0.25, 0.3) is 0 Å². The van der Waals surface area contributed by atoms with Crippen LogP contribution in [0.15, 0.2) is 6.20 Å². The number of nitrogens with zero attached hydrogens (tertiary/aromatic N) is 2. The molecule has 1 radical (unpaired) electrons. The molecule has 1 heterocycles. The highest BCUT2D eigenvalue weighted by Gasteiger charge is 2.14. The summed E-state index contributed by atoms with van der Waals surface area (Å²) in [7, 11) is 1.79. The Hall–Kier alpha value is -1.12. The van der Waals surface area contributed by atoms with E-state index in [1.807, 2.05) is 13.8 Å². The summed E-state index contributed by atoms with van der Waals surface area (Å²) in [5, 5.41) is 0. The lowest BCUT2D eigenvalue weighted by Crippen LogP contribution is -2.12. The predicted molar refractivity (Wildman–Crippen MR) is 41.2 cm³/mol. The van der Waals surface area contributed by atoms with Crippen LogP contribution in [0.2, 0.25) is 0 Å². The Kier molecular flexibility index (Phi) is 2.08. The molecule has 0 atom stereocenters. The maximum Gasteiger partial charge on any atom is 0.200 e. The number of hydrogen-bond donors (Lipinski definition) is 0. The molecule has 0 unspecified atom stereocenters. The summed E-state index contributed by atoms with van der Waals surface area (Å²) >= 11 is 0. The average Bonchev–Trinajstić information content (AvgIpc) is 2.33. The molecular formula is C8H11N2O. The third kappa shape index (κ3) is 1.48. The smallest absolute Gasteiger partial charge is 0.200 e. The SMILES string of the molecule is CC(C)C(=O)c1n[c]cn1C. The monoisotopic (exact) mass is 151 g/mol. The molecule has 0 spiro atoms. The second kappa shape index (κ2) is 2.86. The van der Waals surface area contributed by atoms with Crippen LogP contribution < -0.4 is 0 Å². The number of rotatable bonds is 2. The van der Waals surface area contributed by atoms with Crippen molar-refractivity contribution in [3.05, 3.63) is 18.2 Å². The summed E-state index contributed by atoms with van der Waals surface area (Å²) in [6, 6.07) is 0. The molecule has 3 heteroatoms. The largest absolute Gasteiger partial charge is 0.331 e. The topological polar surface area (TPSA) is 34.9 Å². The van der Waals surface area contributed by atoms with E-state index in [-0.39, 0.29) is 11.7 Å². The molecule has 0 saturated carbocycles. The Bertz CT molecular complexity index is 263. The minimum Gasteiger partial charge on any atom is -0.331 e. The van der Waals surface area contributed by atoms with Gasteiger partial charge in [-0.05, 0) is 0 Å². The number of carbonyl (C=O) groups excluding carboxylic acids is 1. The fourth-order valence-electron chi connectivity index (χ4n) is 0.804. The maximum atomic E-state index is 11.3. The lowest BCUT2D eigenvalue weighted by atomic mass is 10.1. The van der Waals surface area contributed by atoms with Gasteiger partial charge in [-0.3, -0.25) is 4.79 Å². The van der Waals surface area contributed by atoms with Gasteiger partial charge in [0.1, 0.15) is 6.20 Å². The van der Waals surface area contributed by atoms with Gasteiger partial charge in [0.2, 0.25) is 5.78 Å². The quantitative estimate of drug-likeness (QED) is 0.592. The van der Waals surface area contributed by atoms with Gasteiger partial charge in [0.05, 0.1) is 0 Å². The van der Waals surface area contributed by atoms with E-state index in [1.165, 1.54) is 0 Å². The Morgan fingerprint density at radius 3 is 2.73 bits per heavy atom. The Morgan fingerprint density at radius 2 is 2.36 bits per heavy atom. The fraction of sp³-hybridized carbons (Fsp3) is 0.500. The maximum absolute atomic E-state index is 11.3. The Balaban J connectivity index is 2.93. The molecule has 0 fully saturated rings. The van der Waals surface area contributed by atoms with Crippen molar-refractivity contribution in [2.45, 2.75) is 13.8 Å². The van der Waals surface area contributed by atoms with Crippen LogP contribution in [0.5, 0.6) is 0 Å². The van der Waals surface area contributed by atoms with Crippen molar-refractivity contribution in [1.82, 2.24) is 9.55 Å². The normalized spacial score (nSPS) is 10.5. The van der Waals surface area contributed by atoms with Gasteiger partial charge in [-0.2, -0.15) is 0 Å². The third-order valence-electron chi connectivity index (χ3n) is 1.50. The van der Waals surface area contributed by atoms with Crippen LogP contribution in [-0.2, 0) is 7.05 Å². The van der Waals surface area contributed by atoms with Gasteiger partial charge in [0, 0.05) is 19.2 Å². The molecule has 0 aliphatic rings. The highest BCUT2D eigenvalue weighted by Crippen LogP contribution is 2.03.